The summed E-state index contributed by atoms with van der Waals surface area (Å²) >= 11 is 5.87. The van der Waals surface area contributed by atoms with Gasteiger partial charge in [0.25, 0.3) is 0 Å². The molecule has 0 aliphatic heterocycles. The number of benzene rings is 5. The predicted molar refractivity (Wildman–Crippen MR) is 167 cm³/mol. The van der Waals surface area contributed by atoms with Crippen molar-refractivity contribution in [1.29, 1.82) is 0 Å². The van der Waals surface area contributed by atoms with Crippen molar-refractivity contribution < 1.29 is 61.8 Å². The maximum atomic E-state index is 15.2. The quantitative estimate of drug-likeness (QED) is 0.107. The summed E-state index contributed by atoms with van der Waals surface area (Å²) in [6.45, 7) is 1.82. The van der Waals surface area contributed by atoms with E-state index in [-0.39, 0.29) is 41.5 Å². The molecule has 1 nitrogen and oxygen atoms in total. The molecule has 0 aromatic heterocycles. The molecule has 15 heteroatoms. The monoisotopic (exact) mass is 762 g/mol. The van der Waals surface area contributed by atoms with E-state index in [9.17, 15) is 30.7 Å². The summed E-state index contributed by atoms with van der Waals surface area (Å²) in [4.78, 5) is 0. The molecule has 0 unspecified atom stereocenters. The van der Waals surface area contributed by atoms with Gasteiger partial charge in [-0.2, -0.15) is 22.0 Å². The average molecular weight is 763 g/mol. The van der Waals surface area contributed by atoms with Gasteiger partial charge < -0.3 is 4.74 Å². The Kier molecular flexibility index (Phi) is 10.7. The fourth-order valence-electron chi connectivity index (χ4n) is 5.44. The molecule has 272 valence electrons. The van der Waals surface area contributed by atoms with E-state index in [1.807, 2.05) is 19.1 Å². The smallest absolute Gasteiger partial charge is 0.429 e. The van der Waals surface area contributed by atoms with Crippen molar-refractivity contribution in [2.45, 2.75) is 32.1 Å². The number of aryl methyl sites for hydroxylation is 1. The van der Waals surface area contributed by atoms with Crippen LogP contribution in [0.2, 0.25) is 5.02 Å². The molecule has 0 spiro atoms. The van der Waals surface area contributed by atoms with Crippen LogP contribution in [-0.4, -0.2) is 0 Å². The van der Waals surface area contributed by atoms with Crippen molar-refractivity contribution >= 4 is 11.6 Å². The summed E-state index contributed by atoms with van der Waals surface area (Å²) in [5.41, 5.74) is -7.91. The van der Waals surface area contributed by atoms with E-state index >= 15 is 26.3 Å². The van der Waals surface area contributed by atoms with E-state index < -0.39 is 103 Å². The van der Waals surface area contributed by atoms with Gasteiger partial charge in [0.2, 0.25) is 0 Å². The van der Waals surface area contributed by atoms with Crippen molar-refractivity contribution in [2.75, 3.05) is 0 Å². The van der Waals surface area contributed by atoms with Crippen LogP contribution in [0.4, 0.5) is 57.1 Å². The number of rotatable bonds is 9. The van der Waals surface area contributed by atoms with Crippen molar-refractivity contribution in [2.24, 2.45) is 0 Å². The second kappa shape index (κ2) is 14.6. The first-order valence-corrected chi connectivity index (χ1v) is 15.2. The predicted octanol–water partition coefficient (Wildman–Crippen LogP) is 13.1. The highest BCUT2D eigenvalue weighted by Gasteiger charge is 2.42. The number of alkyl halides is 5. The molecule has 52 heavy (non-hydrogen) atoms. The van der Waals surface area contributed by atoms with Gasteiger partial charge in [0.1, 0.15) is 63.4 Å². The van der Waals surface area contributed by atoms with Crippen LogP contribution in [0.25, 0.3) is 33.4 Å². The van der Waals surface area contributed by atoms with Gasteiger partial charge in [-0.05, 0) is 90.6 Å². The number of hydrogen-bond acceptors (Lipinski definition) is 1. The maximum absolute atomic E-state index is 15.2. The molecule has 0 atom stereocenters. The van der Waals surface area contributed by atoms with Gasteiger partial charge >= 0.3 is 12.3 Å². The van der Waals surface area contributed by atoms with E-state index in [1.165, 1.54) is 12.1 Å². The molecule has 0 aliphatic carbocycles. The molecule has 0 amide bonds. The Morgan fingerprint density at radius 3 is 1.58 bits per heavy atom. The van der Waals surface area contributed by atoms with E-state index in [4.69, 9.17) is 11.6 Å². The minimum atomic E-state index is -5.45. The number of allylic oxidation sites excluding steroid dienone is 2. The third-order valence-corrected chi connectivity index (χ3v) is 8.02. The Balaban J connectivity index is 1.43. The standard InChI is InChI=1S/C37H20ClF13O/c1-2-3-4-5-17-6-7-22(24(39)8-17)18-9-25(40)33(26(41)10-18)20-13-30(45)35(31(46)14-20)37(50,51)52-21-15-23(38)32(27(42)16-21)19-11-28(43)34(29(44)12-19)36(47,48)49/h2-3,6-16H,4-5H2,1H3/b3-2+. The Morgan fingerprint density at radius 1 is 0.577 bits per heavy atom. The molecule has 0 radical (unpaired) electrons. The van der Waals surface area contributed by atoms with Crippen LogP contribution in [-0.2, 0) is 18.7 Å². The first kappa shape index (κ1) is 38.3. The first-order valence-electron chi connectivity index (χ1n) is 14.8. The van der Waals surface area contributed by atoms with Crippen LogP contribution in [0.3, 0.4) is 0 Å². The Bertz CT molecular complexity index is 2120. The average Bonchev–Trinajstić information content (AvgIpc) is 2.99. The summed E-state index contributed by atoms with van der Waals surface area (Å²) in [6.07, 6.45) is -5.62. The van der Waals surface area contributed by atoms with Crippen molar-refractivity contribution in [3.05, 3.63) is 147 Å². The Hall–Kier alpha value is -4.98. The first-order chi connectivity index (χ1) is 24.3. The zero-order valence-electron chi connectivity index (χ0n) is 26.1. The fourth-order valence-corrected chi connectivity index (χ4v) is 5.74. The van der Waals surface area contributed by atoms with Gasteiger partial charge in [-0.1, -0.05) is 35.9 Å². The van der Waals surface area contributed by atoms with Crippen molar-refractivity contribution in [1.82, 2.24) is 0 Å². The second-order valence-electron chi connectivity index (χ2n) is 11.2. The number of hydrogen-bond donors (Lipinski definition) is 0. The number of halogens is 14. The Labute approximate surface area is 291 Å². The van der Waals surface area contributed by atoms with Crippen molar-refractivity contribution in [3.63, 3.8) is 0 Å². The zero-order chi connectivity index (χ0) is 38.3. The lowest BCUT2D eigenvalue weighted by molar-refractivity contribution is -0.189. The van der Waals surface area contributed by atoms with Crippen LogP contribution >= 0.6 is 11.6 Å². The zero-order valence-corrected chi connectivity index (χ0v) is 26.9. The van der Waals surface area contributed by atoms with Crippen LogP contribution < -0.4 is 4.74 Å². The lowest BCUT2D eigenvalue weighted by Gasteiger charge is -2.21. The number of ether oxygens (including phenoxy) is 1. The molecule has 5 aromatic rings. The highest BCUT2D eigenvalue weighted by Crippen LogP contribution is 2.43. The summed E-state index contributed by atoms with van der Waals surface area (Å²) in [6, 6.07) is 6.52. The molecular formula is C37H20ClF13O. The third-order valence-electron chi connectivity index (χ3n) is 7.72. The SMILES string of the molecule is C/C=C/CCc1ccc(-c2cc(F)c(-c3cc(F)c(C(F)(F)Oc4cc(F)c(-c5cc(F)c(C(F)(F)F)c(F)c5)c(Cl)c4)c(F)c3)c(F)c2)c(F)c1. The molecule has 5 aromatic carbocycles. The summed E-state index contributed by atoms with van der Waals surface area (Å²) < 4.78 is 192. The molecule has 0 saturated carbocycles. The summed E-state index contributed by atoms with van der Waals surface area (Å²) in [7, 11) is 0. The minimum absolute atomic E-state index is 0.0970. The van der Waals surface area contributed by atoms with E-state index in [0.717, 1.165) is 0 Å². The molecule has 0 aliphatic rings. The van der Waals surface area contributed by atoms with E-state index in [0.29, 0.717) is 36.6 Å². The van der Waals surface area contributed by atoms with Gasteiger partial charge in [0, 0.05) is 17.2 Å². The van der Waals surface area contributed by atoms with Crippen LogP contribution in [0.5, 0.6) is 5.75 Å². The fraction of sp³-hybridized carbons (Fsp3) is 0.135. The third kappa shape index (κ3) is 7.76. The molecule has 5 rings (SSSR count). The second-order valence-corrected chi connectivity index (χ2v) is 11.7. The van der Waals surface area contributed by atoms with Gasteiger partial charge in [-0.3, -0.25) is 0 Å². The van der Waals surface area contributed by atoms with Crippen LogP contribution in [0.1, 0.15) is 30.0 Å². The van der Waals surface area contributed by atoms with Crippen molar-refractivity contribution in [3.8, 4) is 39.1 Å². The van der Waals surface area contributed by atoms with Crippen LogP contribution in [0.15, 0.2) is 78.9 Å². The summed E-state index contributed by atoms with van der Waals surface area (Å²) in [5.74, 6) is -14.9. The van der Waals surface area contributed by atoms with E-state index in [2.05, 4.69) is 4.74 Å². The lowest BCUT2D eigenvalue weighted by Crippen LogP contribution is -2.25. The van der Waals surface area contributed by atoms with Gasteiger partial charge in [-0.25, -0.2) is 35.1 Å². The van der Waals surface area contributed by atoms with E-state index in [1.54, 1.807) is 6.07 Å². The highest BCUT2D eigenvalue weighted by molar-refractivity contribution is 6.33. The topological polar surface area (TPSA) is 9.23 Å². The van der Waals surface area contributed by atoms with Gasteiger partial charge in [0.05, 0.1) is 10.6 Å². The largest absolute Gasteiger partial charge is 0.432 e. The lowest BCUT2D eigenvalue weighted by atomic mass is 9.96. The molecule has 0 fully saturated rings. The van der Waals surface area contributed by atoms with Gasteiger partial charge in [-0.15, -0.1) is 0 Å². The molecule has 0 bridgehead atoms. The van der Waals surface area contributed by atoms with Gasteiger partial charge in [0.15, 0.2) is 0 Å². The summed E-state index contributed by atoms with van der Waals surface area (Å²) in [5, 5.41) is -0.907. The molecule has 0 saturated heterocycles. The molecule has 0 heterocycles. The Morgan fingerprint density at radius 2 is 1.08 bits per heavy atom. The highest BCUT2D eigenvalue weighted by atomic mass is 35.5. The maximum Gasteiger partial charge on any atom is 0.432 e. The molecule has 0 N–H and O–H groups in total. The minimum Gasteiger partial charge on any atom is -0.429 e. The molecular weight excluding hydrogens is 743 g/mol. The normalized spacial score (nSPS) is 12.2. The van der Waals surface area contributed by atoms with Crippen LogP contribution in [0, 0.1) is 46.5 Å².